The Bertz CT molecular complexity index is 386. The fraction of sp³-hybridized carbons (Fsp3) is 1.00. The number of ether oxygens (including phenoxy) is 3. The van der Waals surface area contributed by atoms with E-state index in [2.05, 4.69) is 10.2 Å². The Labute approximate surface area is 140 Å². The molecule has 0 unspecified atom stereocenters. The van der Waals surface area contributed by atoms with Gasteiger partial charge in [0.1, 0.15) is 0 Å². The number of sulfonamides is 1. The molecule has 0 aliphatic carbocycles. The van der Waals surface area contributed by atoms with Crippen LogP contribution in [0.5, 0.6) is 0 Å². The van der Waals surface area contributed by atoms with Crippen LogP contribution in [0.3, 0.4) is 0 Å². The minimum Gasteiger partial charge on any atom is -0.378 e. The molecule has 8 nitrogen and oxygen atoms in total. The van der Waals surface area contributed by atoms with Crippen LogP contribution < -0.4 is 5.32 Å². The lowest BCUT2D eigenvalue weighted by atomic mass is 10.3. The second-order valence-corrected chi connectivity index (χ2v) is 7.43. The lowest BCUT2D eigenvalue weighted by molar-refractivity contribution is 0.00991. The topological polar surface area (TPSA) is 80.3 Å². The number of nitrogens with zero attached hydrogens (tertiary/aromatic N) is 2. The normalized spacial score (nSPS) is 17.7. The van der Waals surface area contributed by atoms with Crippen LogP contribution in [0.1, 0.15) is 0 Å². The van der Waals surface area contributed by atoms with Gasteiger partial charge in [0.05, 0.1) is 45.9 Å². The van der Waals surface area contributed by atoms with Crippen molar-refractivity contribution in [3.8, 4) is 0 Å². The first-order valence-corrected chi connectivity index (χ1v) is 9.94. The van der Waals surface area contributed by atoms with Gasteiger partial charge in [0.2, 0.25) is 10.0 Å². The van der Waals surface area contributed by atoms with Gasteiger partial charge in [0.25, 0.3) is 0 Å². The molecular weight excluding hydrogens is 322 g/mol. The van der Waals surface area contributed by atoms with Gasteiger partial charge >= 0.3 is 0 Å². The summed E-state index contributed by atoms with van der Waals surface area (Å²) >= 11 is 0. The summed E-state index contributed by atoms with van der Waals surface area (Å²) in [4.78, 5) is 2.22. The van der Waals surface area contributed by atoms with Crippen molar-refractivity contribution in [3.05, 3.63) is 0 Å². The van der Waals surface area contributed by atoms with Gasteiger partial charge in [-0.25, -0.2) is 8.42 Å². The molecule has 0 atom stereocenters. The molecule has 1 aliphatic rings. The van der Waals surface area contributed by atoms with Crippen LogP contribution in [0.25, 0.3) is 0 Å². The molecule has 0 aromatic rings. The molecule has 138 valence electrons. The Kier molecular flexibility index (Phi) is 10.9. The van der Waals surface area contributed by atoms with Crippen molar-refractivity contribution in [2.45, 2.75) is 0 Å². The van der Waals surface area contributed by atoms with E-state index in [1.54, 1.807) is 0 Å². The number of rotatable bonds is 13. The molecule has 0 radical (unpaired) electrons. The van der Waals surface area contributed by atoms with E-state index in [0.717, 1.165) is 26.2 Å². The minimum atomic E-state index is -3.05. The third-order valence-electron chi connectivity index (χ3n) is 3.59. The van der Waals surface area contributed by atoms with E-state index in [1.807, 2.05) is 7.05 Å². The first-order chi connectivity index (χ1) is 11.0. The van der Waals surface area contributed by atoms with Crippen LogP contribution in [0.2, 0.25) is 0 Å². The van der Waals surface area contributed by atoms with Crippen molar-refractivity contribution in [3.63, 3.8) is 0 Å². The fourth-order valence-electron chi connectivity index (χ4n) is 2.19. The Hall–Kier alpha value is -0.290. The van der Waals surface area contributed by atoms with Crippen LogP contribution in [0, 0.1) is 0 Å². The summed E-state index contributed by atoms with van der Waals surface area (Å²) in [6, 6.07) is 0. The molecule has 0 aromatic carbocycles. The summed E-state index contributed by atoms with van der Waals surface area (Å²) in [5, 5.41) is 3.01. The Morgan fingerprint density at radius 1 is 0.870 bits per heavy atom. The number of hydrogen-bond acceptors (Lipinski definition) is 7. The maximum atomic E-state index is 11.4. The van der Waals surface area contributed by atoms with Crippen LogP contribution in [-0.4, -0.2) is 110 Å². The first-order valence-electron chi connectivity index (χ1n) is 8.09. The zero-order valence-electron chi connectivity index (χ0n) is 14.3. The number of hydrogen-bond donors (Lipinski definition) is 1. The van der Waals surface area contributed by atoms with Crippen LogP contribution in [0.15, 0.2) is 0 Å². The summed E-state index contributed by atoms with van der Waals surface area (Å²) in [6.45, 7) is 7.98. The molecule has 0 bridgehead atoms. The molecule has 1 heterocycles. The number of nitrogens with one attached hydrogen (secondary N) is 1. The van der Waals surface area contributed by atoms with Gasteiger partial charge in [-0.1, -0.05) is 0 Å². The van der Waals surface area contributed by atoms with Crippen LogP contribution in [-0.2, 0) is 24.2 Å². The van der Waals surface area contributed by atoms with Crippen molar-refractivity contribution in [1.82, 2.24) is 14.5 Å². The maximum Gasteiger partial charge on any atom is 0.211 e. The van der Waals surface area contributed by atoms with Gasteiger partial charge in [0, 0.05) is 39.3 Å². The average Bonchev–Trinajstić information content (AvgIpc) is 2.52. The van der Waals surface area contributed by atoms with Gasteiger partial charge in [-0.3, -0.25) is 4.90 Å². The van der Waals surface area contributed by atoms with Crippen LogP contribution in [0.4, 0.5) is 0 Å². The van der Waals surface area contributed by atoms with Gasteiger partial charge in [-0.05, 0) is 7.05 Å². The minimum absolute atomic E-state index is 0.565. The molecule has 1 N–H and O–H groups in total. The third-order valence-corrected chi connectivity index (χ3v) is 4.90. The summed E-state index contributed by atoms with van der Waals surface area (Å²) in [5.74, 6) is 0. The zero-order valence-corrected chi connectivity index (χ0v) is 15.1. The van der Waals surface area contributed by atoms with E-state index in [4.69, 9.17) is 14.2 Å². The van der Waals surface area contributed by atoms with Gasteiger partial charge in [0.15, 0.2) is 0 Å². The van der Waals surface area contributed by atoms with Gasteiger partial charge in [-0.15, -0.1) is 0 Å². The Balaban J connectivity index is 1.87. The molecule has 1 saturated heterocycles. The predicted octanol–water partition coefficient (Wildman–Crippen LogP) is -1.17. The zero-order chi connectivity index (χ0) is 17.0. The summed E-state index contributed by atoms with van der Waals surface area (Å²) in [5.41, 5.74) is 0. The highest BCUT2D eigenvalue weighted by molar-refractivity contribution is 7.88. The molecule has 1 aliphatic heterocycles. The molecule has 1 rings (SSSR count). The van der Waals surface area contributed by atoms with Crippen molar-refractivity contribution in [1.29, 1.82) is 0 Å². The summed E-state index contributed by atoms with van der Waals surface area (Å²) < 4.78 is 40.6. The monoisotopic (exact) mass is 353 g/mol. The lowest BCUT2D eigenvalue weighted by Crippen LogP contribution is -2.49. The molecule has 0 spiro atoms. The second-order valence-electron chi connectivity index (χ2n) is 5.44. The predicted molar refractivity (Wildman–Crippen MR) is 89.2 cm³/mol. The highest BCUT2D eigenvalue weighted by atomic mass is 32.2. The fourth-order valence-corrected chi connectivity index (χ4v) is 3.02. The molecule has 0 saturated carbocycles. The molecule has 1 fully saturated rings. The SMILES string of the molecule is CNCCOCCOCCOCCN1CCN(S(C)(=O)=O)CC1. The molecule has 0 amide bonds. The Morgan fingerprint density at radius 2 is 1.39 bits per heavy atom. The smallest absolute Gasteiger partial charge is 0.211 e. The van der Waals surface area contributed by atoms with Crippen molar-refractivity contribution in [2.75, 3.05) is 92.2 Å². The molecule has 0 aromatic heterocycles. The van der Waals surface area contributed by atoms with Gasteiger partial charge < -0.3 is 19.5 Å². The van der Waals surface area contributed by atoms with E-state index < -0.39 is 10.0 Å². The van der Waals surface area contributed by atoms with Crippen molar-refractivity contribution < 1.29 is 22.6 Å². The largest absolute Gasteiger partial charge is 0.378 e. The quantitative estimate of drug-likeness (QED) is 0.418. The summed E-state index contributed by atoms with van der Waals surface area (Å²) in [7, 11) is -1.16. The maximum absolute atomic E-state index is 11.4. The third kappa shape index (κ3) is 10.2. The second kappa shape index (κ2) is 12.1. The molecule has 9 heteroatoms. The van der Waals surface area contributed by atoms with Crippen molar-refractivity contribution in [2.24, 2.45) is 0 Å². The van der Waals surface area contributed by atoms with E-state index in [0.29, 0.717) is 52.7 Å². The summed E-state index contributed by atoms with van der Waals surface area (Å²) in [6.07, 6.45) is 1.26. The highest BCUT2D eigenvalue weighted by Gasteiger charge is 2.22. The number of likely N-dealkylation sites (N-methyl/N-ethyl adjacent to an activating group) is 1. The molecule has 23 heavy (non-hydrogen) atoms. The van der Waals surface area contributed by atoms with Crippen molar-refractivity contribution >= 4 is 10.0 Å². The number of piperazine rings is 1. The van der Waals surface area contributed by atoms with E-state index in [9.17, 15) is 8.42 Å². The standard InChI is InChI=1S/C14H31N3O5S/c1-15-3-9-20-11-13-22-14-12-21-10-8-16-4-6-17(7-5-16)23(2,18)19/h15H,3-14H2,1-2H3. The van der Waals surface area contributed by atoms with E-state index in [1.165, 1.54) is 10.6 Å². The van der Waals surface area contributed by atoms with E-state index in [-0.39, 0.29) is 0 Å². The first kappa shape index (κ1) is 20.8. The Morgan fingerprint density at radius 3 is 1.91 bits per heavy atom. The lowest BCUT2D eigenvalue weighted by Gasteiger charge is -2.33. The van der Waals surface area contributed by atoms with E-state index >= 15 is 0 Å². The van der Waals surface area contributed by atoms with Gasteiger partial charge in [-0.2, -0.15) is 4.31 Å². The average molecular weight is 353 g/mol. The highest BCUT2D eigenvalue weighted by Crippen LogP contribution is 2.05. The van der Waals surface area contributed by atoms with Crippen LogP contribution >= 0.6 is 0 Å². The molecular formula is C14H31N3O5S.